The van der Waals surface area contributed by atoms with Gasteiger partial charge in [-0.25, -0.2) is 8.78 Å². The molecule has 4 aromatic rings. The quantitative estimate of drug-likeness (QED) is 0.0609. The van der Waals surface area contributed by atoms with Crippen molar-refractivity contribution in [2.24, 2.45) is 0 Å². The van der Waals surface area contributed by atoms with Crippen LogP contribution in [-0.4, -0.2) is 131 Å². The van der Waals surface area contributed by atoms with E-state index >= 15 is 0 Å². The summed E-state index contributed by atoms with van der Waals surface area (Å²) in [7, 11) is 0. The van der Waals surface area contributed by atoms with Crippen LogP contribution in [0, 0.1) is 11.6 Å². The maximum absolute atomic E-state index is 13.8. The van der Waals surface area contributed by atoms with E-state index in [9.17, 15) is 38.2 Å². The van der Waals surface area contributed by atoms with Gasteiger partial charge in [0.2, 0.25) is 23.6 Å². The Kier molecular flexibility index (Phi) is 24.3. The van der Waals surface area contributed by atoms with E-state index in [1.54, 1.807) is 74.5 Å². The third-order valence-electron chi connectivity index (χ3n) is 15.2. The number of likely N-dealkylation sites (tertiary alicyclic amines) is 2. The second-order valence-electron chi connectivity index (χ2n) is 20.5. The van der Waals surface area contributed by atoms with E-state index in [2.05, 4.69) is 34.3 Å². The van der Waals surface area contributed by atoms with Gasteiger partial charge in [0, 0.05) is 65.2 Å². The van der Waals surface area contributed by atoms with Gasteiger partial charge in [-0.1, -0.05) is 96.6 Å². The number of amides is 4. The monoisotopic (exact) mass is 1130 g/mol. The Morgan fingerprint density at radius 1 is 0.579 bits per heavy atom. The molecule has 416 valence electrons. The third-order valence-corrected chi connectivity index (χ3v) is 16.7. The molecule has 0 spiro atoms. The molecule has 0 saturated carbocycles. The van der Waals surface area contributed by atoms with Crippen LogP contribution in [0.1, 0.15) is 127 Å². The lowest BCUT2D eigenvalue weighted by molar-refractivity contribution is -0.133. The molecule has 2 saturated heterocycles. The topological polar surface area (TPSA) is 146 Å². The van der Waals surface area contributed by atoms with Crippen molar-refractivity contribution >= 4 is 70.0 Å². The summed E-state index contributed by atoms with van der Waals surface area (Å²) < 4.78 is 26.8. The van der Waals surface area contributed by atoms with Crippen molar-refractivity contribution in [1.82, 2.24) is 30.2 Å². The molecule has 2 fully saturated rings. The van der Waals surface area contributed by atoms with Crippen molar-refractivity contribution in [3.8, 4) is 0 Å². The van der Waals surface area contributed by atoms with E-state index in [0.717, 1.165) is 88.9 Å². The van der Waals surface area contributed by atoms with Crippen LogP contribution < -0.4 is 10.6 Å². The highest BCUT2D eigenvalue weighted by atomic mass is 35.5. The van der Waals surface area contributed by atoms with Gasteiger partial charge in [-0.15, -0.1) is 0 Å². The Labute approximate surface area is 468 Å². The van der Waals surface area contributed by atoms with Crippen molar-refractivity contribution in [2.45, 2.75) is 128 Å². The molecule has 4 atom stereocenters. The van der Waals surface area contributed by atoms with Crippen molar-refractivity contribution in [1.29, 1.82) is 0 Å². The molecule has 2 aliphatic rings. The van der Waals surface area contributed by atoms with Crippen molar-refractivity contribution in [3.63, 3.8) is 0 Å². The molecule has 0 aliphatic carbocycles. The molecular formula is C58H76Cl4F2N6O6. The zero-order valence-electron chi connectivity index (χ0n) is 44.7. The van der Waals surface area contributed by atoms with E-state index in [0.29, 0.717) is 57.1 Å². The summed E-state index contributed by atoms with van der Waals surface area (Å²) in [6.07, 6.45) is 6.47. The second kappa shape index (κ2) is 29.6. The lowest BCUT2D eigenvalue weighted by Gasteiger charge is -2.39. The van der Waals surface area contributed by atoms with E-state index in [4.69, 9.17) is 46.4 Å². The van der Waals surface area contributed by atoms with Gasteiger partial charge in [0.1, 0.15) is 11.6 Å². The zero-order valence-corrected chi connectivity index (χ0v) is 47.7. The minimum Gasteiger partial charge on any atom is -0.394 e. The molecule has 12 nitrogen and oxygen atoms in total. The summed E-state index contributed by atoms with van der Waals surface area (Å²) in [6.45, 7) is 16.8. The molecule has 18 heteroatoms. The number of nitrogens with zero attached hydrogens (tertiary/aromatic N) is 4. The highest BCUT2D eigenvalue weighted by molar-refractivity contribution is 6.42. The van der Waals surface area contributed by atoms with Crippen LogP contribution in [0.5, 0.6) is 0 Å². The fourth-order valence-corrected chi connectivity index (χ4v) is 10.9. The number of rotatable bonds is 22. The number of aliphatic hydroxyl groups excluding tert-OH is 2. The van der Waals surface area contributed by atoms with Crippen LogP contribution in [0.4, 0.5) is 8.78 Å². The Hall–Kier alpha value is -4.38. The van der Waals surface area contributed by atoms with E-state index in [1.165, 1.54) is 24.3 Å². The summed E-state index contributed by atoms with van der Waals surface area (Å²) >= 11 is 25.0. The highest BCUT2D eigenvalue weighted by Crippen LogP contribution is 2.36. The van der Waals surface area contributed by atoms with Gasteiger partial charge in [-0.05, 0) is 149 Å². The van der Waals surface area contributed by atoms with Crippen molar-refractivity contribution in [3.05, 3.63) is 139 Å². The maximum Gasteiger partial charge on any atom is 0.230 e. The third kappa shape index (κ3) is 16.8. The molecule has 4 N–H and O–H groups in total. The first kappa shape index (κ1) is 62.5. The highest BCUT2D eigenvalue weighted by Gasteiger charge is 2.40. The number of carbonyl (C=O) groups is 4. The number of halogens is 6. The Bertz CT molecular complexity index is 2360. The Morgan fingerprint density at radius 2 is 0.908 bits per heavy atom. The summed E-state index contributed by atoms with van der Waals surface area (Å²) in [4.78, 5) is 60.4. The molecular weight excluding hydrogens is 1060 g/mol. The molecule has 6 rings (SSSR count). The molecule has 2 unspecified atom stereocenters. The summed E-state index contributed by atoms with van der Waals surface area (Å²) in [5.74, 6) is -1.06. The van der Waals surface area contributed by atoms with E-state index in [-0.39, 0.29) is 60.6 Å². The van der Waals surface area contributed by atoms with Gasteiger partial charge in [-0.2, -0.15) is 0 Å². The molecule has 76 heavy (non-hydrogen) atoms. The van der Waals surface area contributed by atoms with Crippen molar-refractivity contribution < 1.29 is 38.2 Å². The van der Waals surface area contributed by atoms with Gasteiger partial charge in [0.05, 0.1) is 56.2 Å². The average Bonchev–Trinajstić information content (AvgIpc) is 3.41. The maximum atomic E-state index is 13.8. The van der Waals surface area contributed by atoms with Gasteiger partial charge in [0.15, 0.2) is 0 Å². The SMILES string of the molecule is CCCN(C(C)=O)C1CCN(CCC(C)(C(=O)N[C@@H](CO)c2ccc(F)cc2)c2ccc(Cl)c(Cl)c2)CC1.CCCN(C(C)=O)C1CCN(CCC(C)(C(=O)N[C@@H](CO)c2ccc(F)cc2)c2ccc(Cl)c(Cl)c2)CC1. The second-order valence-corrected chi connectivity index (χ2v) is 22.1. The smallest absolute Gasteiger partial charge is 0.230 e. The predicted octanol–water partition coefficient (Wildman–Crippen LogP) is 10.7. The number of aliphatic hydroxyl groups is 2. The van der Waals surface area contributed by atoms with Crippen LogP contribution in [0.3, 0.4) is 0 Å². The standard InChI is InChI=1S/2C29H38Cl2FN3O3/c2*1-4-14-35(20(2)37)24-11-15-34(16-12-24)17-13-29(3,22-7-10-25(30)26(31)18-22)28(38)33-27(19-36)21-5-8-23(32)9-6-21/h2*5-10,18,24,27,36H,4,11-17,19H2,1-3H3,(H,33,38)/t2*27-,29?/m00/s1. The molecule has 0 bridgehead atoms. The molecule has 0 radical (unpaired) electrons. The predicted molar refractivity (Wildman–Crippen MR) is 300 cm³/mol. The summed E-state index contributed by atoms with van der Waals surface area (Å²) in [5.41, 5.74) is 0.741. The first-order valence-corrected chi connectivity index (χ1v) is 27.9. The van der Waals surface area contributed by atoms with E-state index < -0.39 is 22.9 Å². The van der Waals surface area contributed by atoms with Gasteiger partial charge >= 0.3 is 0 Å². The minimum absolute atomic E-state index is 0.119. The lowest BCUT2D eigenvalue weighted by Crippen LogP contribution is -2.49. The average molecular weight is 1130 g/mol. The van der Waals surface area contributed by atoms with Crippen LogP contribution >= 0.6 is 46.4 Å². The number of hydrogen-bond acceptors (Lipinski definition) is 8. The number of benzene rings is 4. The number of carbonyl (C=O) groups excluding carboxylic acids is 4. The normalized spacial score (nSPS) is 17.0. The number of hydrogen-bond donors (Lipinski definition) is 4. The fraction of sp³-hybridized carbons (Fsp3) is 0.517. The zero-order chi connectivity index (χ0) is 55.7. The molecule has 4 aromatic carbocycles. The van der Waals surface area contributed by atoms with Crippen LogP contribution in [0.15, 0.2) is 84.9 Å². The van der Waals surface area contributed by atoms with E-state index in [1.807, 2.05) is 23.6 Å². The summed E-state index contributed by atoms with van der Waals surface area (Å²) in [6, 6.07) is 21.0. The summed E-state index contributed by atoms with van der Waals surface area (Å²) in [5, 5.41) is 27.5. The first-order valence-electron chi connectivity index (χ1n) is 26.4. The fourth-order valence-electron chi connectivity index (χ4n) is 10.3. The van der Waals surface area contributed by atoms with Gasteiger partial charge in [-0.3, -0.25) is 19.2 Å². The van der Waals surface area contributed by atoms with Crippen molar-refractivity contribution in [2.75, 3.05) is 65.6 Å². The molecule has 0 aromatic heterocycles. The lowest BCUT2D eigenvalue weighted by atomic mass is 9.78. The van der Waals surface area contributed by atoms with Crippen LogP contribution in [0.25, 0.3) is 0 Å². The van der Waals surface area contributed by atoms with Gasteiger partial charge < -0.3 is 40.4 Å². The largest absolute Gasteiger partial charge is 0.394 e. The molecule has 2 aliphatic heterocycles. The Morgan fingerprint density at radius 3 is 1.18 bits per heavy atom. The molecule has 2 heterocycles. The number of piperidine rings is 2. The van der Waals surface area contributed by atoms with Crippen LogP contribution in [-0.2, 0) is 30.0 Å². The minimum atomic E-state index is -0.966. The Balaban J connectivity index is 0.000000281. The number of nitrogens with one attached hydrogen (secondary N) is 2. The molecule has 4 amide bonds. The van der Waals surface area contributed by atoms with Gasteiger partial charge in [0.25, 0.3) is 0 Å². The van der Waals surface area contributed by atoms with Crippen LogP contribution in [0.2, 0.25) is 20.1 Å². The first-order chi connectivity index (χ1) is 36.2.